The van der Waals surface area contributed by atoms with Gasteiger partial charge in [0.1, 0.15) is 5.92 Å². The molecular weight excluding hydrogens is 240 g/mol. The Labute approximate surface area is 115 Å². The van der Waals surface area contributed by atoms with Crippen LogP contribution >= 0.6 is 0 Å². The fourth-order valence-corrected chi connectivity index (χ4v) is 1.75. The standard InChI is InChI=1S/C16H24O3/c1-3-5-12-19-16(17)15(13-18-11-4-2)14-9-7-6-8-10-14/h6-10,15H,3-5,11-13H2,1-2H3. The van der Waals surface area contributed by atoms with Crippen molar-refractivity contribution < 1.29 is 14.3 Å². The summed E-state index contributed by atoms with van der Waals surface area (Å²) in [7, 11) is 0. The Morgan fingerprint density at radius 3 is 2.47 bits per heavy atom. The van der Waals surface area contributed by atoms with Gasteiger partial charge in [-0.1, -0.05) is 50.6 Å². The van der Waals surface area contributed by atoms with Gasteiger partial charge in [-0.3, -0.25) is 4.79 Å². The number of benzene rings is 1. The average molecular weight is 264 g/mol. The molecule has 1 aromatic carbocycles. The van der Waals surface area contributed by atoms with E-state index in [2.05, 4.69) is 13.8 Å². The van der Waals surface area contributed by atoms with E-state index in [0.717, 1.165) is 24.8 Å². The number of rotatable bonds is 9. The lowest BCUT2D eigenvalue weighted by Crippen LogP contribution is -2.21. The molecule has 0 aromatic heterocycles. The van der Waals surface area contributed by atoms with Crippen molar-refractivity contribution in [1.29, 1.82) is 0 Å². The maximum Gasteiger partial charge on any atom is 0.315 e. The van der Waals surface area contributed by atoms with Gasteiger partial charge in [0, 0.05) is 6.61 Å². The fourth-order valence-electron chi connectivity index (χ4n) is 1.75. The van der Waals surface area contributed by atoms with Crippen molar-refractivity contribution in [2.45, 2.75) is 39.0 Å². The van der Waals surface area contributed by atoms with Crippen molar-refractivity contribution in [2.24, 2.45) is 0 Å². The van der Waals surface area contributed by atoms with Gasteiger partial charge in [0.05, 0.1) is 13.2 Å². The average Bonchev–Trinajstić information content (AvgIpc) is 2.45. The summed E-state index contributed by atoms with van der Waals surface area (Å²) in [4.78, 5) is 12.1. The van der Waals surface area contributed by atoms with E-state index in [4.69, 9.17) is 9.47 Å². The van der Waals surface area contributed by atoms with E-state index in [1.54, 1.807) is 0 Å². The molecule has 0 fully saturated rings. The summed E-state index contributed by atoms with van der Waals surface area (Å²) in [6.07, 6.45) is 2.88. The number of carbonyl (C=O) groups excluding carboxylic acids is 1. The number of esters is 1. The zero-order chi connectivity index (χ0) is 13.9. The van der Waals surface area contributed by atoms with Crippen molar-refractivity contribution >= 4 is 5.97 Å². The summed E-state index contributed by atoms with van der Waals surface area (Å²) < 4.78 is 10.8. The first kappa shape index (κ1) is 15.7. The molecule has 106 valence electrons. The highest BCUT2D eigenvalue weighted by molar-refractivity contribution is 5.78. The monoisotopic (exact) mass is 264 g/mol. The lowest BCUT2D eigenvalue weighted by atomic mass is 10.0. The molecule has 0 heterocycles. The third-order valence-corrected chi connectivity index (χ3v) is 2.86. The number of hydrogen-bond donors (Lipinski definition) is 0. The second kappa shape index (κ2) is 9.56. The lowest BCUT2D eigenvalue weighted by molar-refractivity contribution is -0.147. The normalized spacial score (nSPS) is 12.1. The number of hydrogen-bond acceptors (Lipinski definition) is 3. The summed E-state index contributed by atoms with van der Waals surface area (Å²) >= 11 is 0. The minimum absolute atomic E-state index is 0.184. The molecule has 1 unspecified atom stereocenters. The third kappa shape index (κ3) is 5.88. The molecule has 19 heavy (non-hydrogen) atoms. The summed E-state index contributed by atoms with van der Waals surface area (Å²) in [5, 5.41) is 0. The smallest absolute Gasteiger partial charge is 0.315 e. The van der Waals surface area contributed by atoms with Crippen LogP contribution in [0.2, 0.25) is 0 Å². The van der Waals surface area contributed by atoms with Gasteiger partial charge in [-0.25, -0.2) is 0 Å². The summed E-state index contributed by atoms with van der Waals surface area (Å²) in [6.45, 7) is 5.69. The summed E-state index contributed by atoms with van der Waals surface area (Å²) in [6, 6.07) is 9.70. The van der Waals surface area contributed by atoms with Gasteiger partial charge < -0.3 is 9.47 Å². The van der Waals surface area contributed by atoms with Crippen LogP contribution in [-0.2, 0) is 14.3 Å². The number of unbranched alkanes of at least 4 members (excludes halogenated alkanes) is 1. The first-order chi connectivity index (χ1) is 9.29. The Balaban J connectivity index is 2.61. The summed E-state index contributed by atoms with van der Waals surface area (Å²) in [5.74, 6) is -0.500. The van der Waals surface area contributed by atoms with Gasteiger partial charge in [-0.2, -0.15) is 0 Å². The van der Waals surface area contributed by atoms with Crippen LogP contribution in [0.25, 0.3) is 0 Å². The zero-order valence-electron chi connectivity index (χ0n) is 11.9. The molecule has 0 spiro atoms. The molecule has 0 N–H and O–H groups in total. The highest BCUT2D eigenvalue weighted by atomic mass is 16.5. The van der Waals surface area contributed by atoms with Gasteiger partial charge in [0.25, 0.3) is 0 Å². The van der Waals surface area contributed by atoms with Crippen LogP contribution in [0.4, 0.5) is 0 Å². The van der Waals surface area contributed by atoms with Crippen molar-refractivity contribution in [3.05, 3.63) is 35.9 Å². The Kier molecular flexibility index (Phi) is 7.91. The zero-order valence-corrected chi connectivity index (χ0v) is 11.9. The fraction of sp³-hybridized carbons (Fsp3) is 0.562. The van der Waals surface area contributed by atoms with Gasteiger partial charge in [0.15, 0.2) is 0 Å². The summed E-state index contributed by atoms with van der Waals surface area (Å²) in [5.41, 5.74) is 0.958. The molecular formula is C16H24O3. The van der Waals surface area contributed by atoms with E-state index in [1.165, 1.54) is 0 Å². The van der Waals surface area contributed by atoms with Crippen LogP contribution in [0, 0.1) is 0 Å². The van der Waals surface area contributed by atoms with Gasteiger partial charge in [-0.15, -0.1) is 0 Å². The van der Waals surface area contributed by atoms with Crippen LogP contribution in [0.15, 0.2) is 30.3 Å². The van der Waals surface area contributed by atoms with Gasteiger partial charge in [0.2, 0.25) is 0 Å². The molecule has 0 amide bonds. The van der Waals surface area contributed by atoms with Crippen molar-refractivity contribution in [2.75, 3.05) is 19.8 Å². The van der Waals surface area contributed by atoms with Crippen molar-refractivity contribution in [3.63, 3.8) is 0 Å². The minimum atomic E-state index is -0.315. The third-order valence-electron chi connectivity index (χ3n) is 2.86. The van der Waals surface area contributed by atoms with Crippen molar-refractivity contribution in [3.8, 4) is 0 Å². The largest absolute Gasteiger partial charge is 0.465 e. The van der Waals surface area contributed by atoms with E-state index in [9.17, 15) is 4.79 Å². The Hall–Kier alpha value is -1.35. The molecule has 3 heteroatoms. The van der Waals surface area contributed by atoms with E-state index >= 15 is 0 Å². The second-order valence-electron chi connectivity index (χ2n) is 4.56. The SMILES string of the molecule is CCCCOC(=O)C(COCCC)c1ccccc1. The number of carbonyl (C=O) groups is 1. The topological polar surface area (TPSA) is 35.5 Å². The van der Waals surface area contributed by atoms with E-state index < -0.39 is 0 Å². The second-order valence-corrected chi connectivity index (χ2v) is 4.56. The molecule has 0 aliphatic rings. The van der Waals surface area contributed by atoms with Crippen LogP contribution in [0.5, 0.6) is 0 Å². The minimum Gasteiger partial charge on any atom is -0.465 e. The predicted octanol–water partition coefficient (Wildman–Crippen LogP) is 3.54. The maximum atomic E-state index is 12.1. The molecule has 3 nitrogen and oxygen atoms in total. The Morgan fingerprint density at radius 2 is 1.84 bits per heavy atom. The molecule has 1 aromatic rings. The predicted molar refractivity (Wildman–Crippen MR) is 76.2 cm³/mol. The molecule has 1 atom stereocenters. The van der Waals surface area contributed by atoms with E-state index in [1.807, 2.05) is 30.3 Å². The molecule has 0 aliphatic heterocycles. The van der Waals surface area contributed by atoms with Crippen LogP contribution in [0.1, 0.15) is 44.6 Å². The Bertz CT molecular complexity index is 348. The van der Waals surface area contributed by atoms with Crippen LogP contribution in [0.3, 0.4) is 0 Å². The van der Waals surface area contributed by atoms with E-state index in [0.29, 0.717) is 19.8 Å². The highest BCUT2D eigenvalue weighted by Gasteiger charge is 2.22. The van der Waals surface area contributed by atoms with Crippen molar-refractivity contribution in [1.82, 2.24) is 0 Å². The quantitative estimate of drug-likeness (QED) is 0.505. The Morgan fingerprint density at radius 1 is 1.11 bits per heavy atom. The highest BCUT2D eigenvalue weighted by Crippen LogP contribution is 2.18. The van der Waals surface area contributed by atoms with Gasteiger partial charge in [-0.05, 0) is 18.4 Å². The molecule has 0 saturated heterocycles. The van der Waals surface area contributed by atoms with E-state index in [-0.39, 0.29) is 11.9 Å². The number of ether oxygens (including phenoxy) is 2. The molecule has 0 radical (unpaired) electrons. The maximum absolute atomic E-state index is 12.1. The molecule has 0 bridgehead atoms. The lowest BCUT2D eigenvalue weighted by Gasteiger charge is -2.16. The molecule has 1 rings (SSSR count). The molecule has 0 aliphatic carbocycles. The first-order valence-electron chi connectivity index (χ1n) is 7.08. The van der Waals surface area contributed by atoms with Gasteiger partial charge >= 0.3 is 5.97 Å². The van der Waals surface area contributed by atoms with Crippen LogP contribution in [-0.4, -0.2) is 25.8 Å². The van der Waals surface area contributed by atoms with Crippen LogP contribution < -0.4 is 0 Å². The molecule has 0 saturated carbocycles. The first-order valence-corrected chi connectivity index (χ1v) is 7.08.